The molecule has 0 aliphatic carbocycles. The van der Waals surface area contributed by atoms with Crippen LogP contribution in [0.25, 0.3) is 10.2 Å². The summed E-state index contributed by atoms with van der Waals surface area (Å²) in [7, 11) is -3.83. The van der Waals surface area contributed by atoms with Gasteiger partial charge in [-0.2, -0.15) is 0 Å². The summed E-state index contributed by atoms with van der Waals surface area (Å²) in [5.74, 6) is -0.546. The predicted molar refractivity (Wildman–Crippen MR) is 93.3 cm³/mol. The third-order valence-corrected chi connectivity index (χ3v) is 6.63. The van der Waals surface area contributed by atoms with E-state index in [0.29, 0.717) is 11.3 Å². The lowest BCUT2D eigenvalue weighted by Gasteiger charge is -2.08. The van der Waals surface area contributed by atoms with Gasteiger partial charge in [0.2, 0.25) is 0 Å². The molecule has 0 bridgehead atoms. The first-order valence-corrected chi connectivity index (χ1v) is 10.1. The van der Waals surface area contributed by atoms with Gasteiger partial charge >= 0.3 is 0 Å². The van der Waals surface area contributed by atoms with E-state index in [1.54, 1.807) is 36.9 Å². The van der Waals surface area contributed by atoms with Crippen molar-refractivity contribution >= 4 is 49.0 Å². The maximum atomic E-state index is 13.6. The van der Waals surface area contributed by atoms with Gasteiger partial charge in [0.1, 0.15) is 5.82 Å². The van der Waals surface area contributed by atoms with Gasteiger partial charge in [0.25, 0.3) is 10.0 Å². The molecule has 3 aromatic rings. The molecule has 120 valence electrons. The fourth-order valence-corrected chi connectivity index (χ4v) is 4.60. The number of nitrogens with one attached hydrogen (secondary N) is 1. The average molecular weight is 368 g/mol. The van der Waals surface area contributed by atoms with E-state index in [9.17, 15) is 12.8 Å². The van der Waals surface area contributed by atoms with Crippen LogP contribution in [-0.2, 0) is 10.0 Å². The Balaban J connectivity index is 1.94. The monoisotopic (exact) mass is 368 g/mol. The molecule has 0 saturated heterocycles. The summed E-state index contributed by atoms with van der Waals surface area (Å²) in [5.41, 5.74) is 1.65. The van der Waals surface area contributed by atoms with Crippen LogP contribution < -0.4 is 4.72 Å². The van der Waals surface area contributed by atoms with Crippen LogP contribution in [-0.4, -0.2) is 19.7 Å². The summed E-state index contributed by atoms with van der Waals surface area (Å²) in [6, 6.07) is 9.00. The van der Waals surface area contributed by atoms with Gasteiger partial charge in [-0.3, -0.25) is 4.72 Å². The van der Waals surface area contributed by atoms with Crippen molar-refractivity contribution in [2.24, 2.45) is 0 Å². The Morgan fingerprint density at radius 2 is 2.00 bits per heavy atom. The third-order valence-electron chi connectivity index (χ3n) is 3.25. The van der Waals surface area contributed by atoms with Crippen LogP contribution in [0, 0.1) is 12.7 Å². The fraction of sp³-hybridized carbons (Fsp3) is 0.133. The second kappa shape index (κ2) is 6.10. The predicted octanol–water partition coefficient (Wildman–Crippen LogP) is 4.27. The van der Waals surface area contributed by atoms with Crippen molar-refractivity contribution in [3.05, 3.63) is 47.8 Å². The van der Waals surface area contributed by atoms with Crippen LogP contribution in [0.3, 0.4) is 0 Å². The van der Waals surface area contributed by atoms with Gasteiger partial charge in [-0.15, -0.1) is 11.3 Å². The summed E-state index contributed by atoms with van der Waals surface area (Å²) >= 11 is 3.04. The van der Waals surface area contributed by atoms with Crippen LogP contribution in [0.1, 0.15) is 5.56 Å². The number of anilines is 1. The molecule has 1 N–H and O–H groups in total. The fourth-order valence-electron chi connectivity index (χ4n) is 2.01. The van der Waals surface area contributed by atoms with Crippen LogP contribution in [0.5, 0.6) is 0 Å². The number of thiazole rings is 1. The maximum Gasteiger partial charge on any atom is 0.261 e. The number of hydrogen-bond donors (Lipinski definition) is 1. The first-order valence-electron chi connectivity index (χ1n) is 6.62. The topological polar surface area (TPSA) is 59.1 Å². The Morgan fingerprint density at radius 1 is 1.22 bits per heavy atom. The smallest absolute Gasteiger partial charge is 0.261 e. The highest BCUT2D eigenvalue weighted by atomic mass is 32.2. The summed E-state index contributed by atoms with van der Waals surface area (Å²) in [5, 5.41) is 0. The number of nitrogens with zero attached hydrogens (tertiary/aromatic N) is 1. The van der Waals surface area contributed by atoms with Gasteiger partial charge in [-0.05, 0) is 49.1 Å². The van der Waals surface area contributed by atoms with E-state index in [-0.39, 0.29) is 4.90 Å². The van der Waals surface area contributed by atoms with E-state index >= 15 is 0 Å². The lowest BCUT2D eigenvalue weighted by molar-refractivity contribution is 0.593. The van der Waals surface area contributed by atoms with Gasteiger partial charge < -0.3 is 0 Å². The minimum absolute atomic E-state index is 0.102. The Morgan fingerprint density at radius 3 is 2.70 bits per heavy atom. The number of halogens is 1. The number of aryl methyl sites for hydroxylation is 1. The first-order chi connectivity index (χ1) is 10.9. The van der Waals surface area contributed by atoms with E-state index < -0.39 is 15.8 Å². The summed E-state index contributed by atoms with van der Waals surface area (Å²) < 4.78 is 42.6. The molecule has 0 unspecified atom stereocenters. The van der Waals surface area contributed by atoms with Crippen molar-refractivity contribution in [3.63, 3.8) is 0 Å². The van der Waals surface area contributed by atoms with E-state index in [0.717, 1.165) is 20.6 Å². The van der Waals surface area contributed by atoms with Gasteiger partial charge in [-0.1, -0.05) is 17.8 Å². The number of aromatic nitrogens is 1. The summed E-state index contributed by atoms with van der Waals surface area (Å²) in [6.07, 6.45) is 1.94. The highest BCUT2D eigenvalue weighted by Gasteiger charge is 2.16. The van der Waals surface area contributed by atoms with Crippen LogP contribution in [0.15, 0.2) is 45.6 Å². The number of thioether (sulfide) groups is 1. The van der Waals surface area contributed by atoms with E-state index in [2.05, 4.69) is 9.71 Å². The second-order valence-electron chi connectivity index (χ2n) is 4.88. The lowest BCUT2D eigenvalue weighted by Crippen LogP contribution is -2.13. The van der Waals surface area contributed by atoms with Gasteiger partial charge in [0.15, 0.2) is 4.34 Å². The van der Waals surface area contributed by atoms with Crippen molar-refractivity contribution in [3.8, 4) is 0 Å². The minimum Gasteiger partial charge on any atom is -0.280 e. The zero-order valence-corrected chi connectivity index (χ0v) is 14.8. The molecule has 0 fully saturated rings. The van der Waals surface area contributed by atoms with E-state index in [1.165, 1.54) is 23.5 Å². The molecule has 0 spiro atoms. The maximum absolute atomic E-state index is 13.6. The average Bonchev–Trinajstić information content (AvgIpc) is 2.91. The molecule has 0 amide bonds. The van der Waals surface area contributed by atoms with E-state index in [1.807, 2.05) is 6.26 Å². The molecule has 0 saturated carbocycles. The number of benzene rings is 2. The number of hydrogen-bond acceptors (Lipinski definition) is 5. The van der Waals surface area contributed by atoms with Crippen molar-refractivity contribution in [1.82, 2.24) is 4.98 Å². The number of sulfonamides is 1. The molecule has 1 heterocycles. The lowest BCUT2D eigenvalue weighted by atomic mass is 10.2. The highest BCUT2D eigenvalue weighted by Crippen LogP contribution is 2.30. The van der Waals surface area contributed by atoms with Crippen molar-refractivity contribution in [1.29, 1.82) is 0 Å². The quantitative estimate of drug-likeness (QED) is 0.699. The summed E-state index contributed by atoms with van der Waals surface area (Å²) in [6.45, 7) is 1.58. The zero-order chi connectivity index (χ0) is 16.6. The van der Waals surface area contributed by atoms with E-state index in [4.69, 9.17) is 0 Å². The third kappa shape index (κ3) is 3.34. The normalized spacial score (nSPS) is 11.8. The largest absolute Gasteiger partial charge is 0.280 e. The molecule has 0 atom stereocenters. The Labute approximate surface area is 141 Å². The first kappa shape index (κ1) is 16.2. The van der Waals surface area contributed by atoms with Gasteiger partial charge in [0.05, 0.1) is 20.8 Å². The molecule has 3 rings (SSSR count). The molecular weight excluding hydrogens is 355 g/mol. The second-order valence-corrected chi connectivity index (χ2v) is 8.65. The van der Waals surface area contributed by atoms with Crippen molar-refractivity contribution < 1.29 is 12.8 Å². The summed E-state index contributed by atoms with van der Waals surface area (Å²) in [4.78, 5) is 4.30. The molecular formula is C15H13FN2O2S3. The number of rotatable bonds is 4. The molecule has 1 aromatic heterocycles. The molecule has 0 aliphatic rings. The minimum atomic E-state index is -3.83. The molecule has 23 heavy (non-hydrogen) atoms. The highest BCUT2D eigenvalue weighted by molar-refractivity contribution is 8.00. The number of fused-ring (bicyclic) bond motifs is 1. The van der Waals surface area contributed by atoms with Crippen molar-refractivity contribution in [2.75, 3.05) is 11.0 Å². The van der Waals surface area contributed by atoms with Crippen LogP contribution in [0.4, 0.5) is 10.1 Å². The molecule has 4 nitrogen and oxygen atoms in total. The molecule has 8 heteroatoms. The van der Waals surface area contributed by atoms with Gasteiger partial charge in [0, 0.05) is 0 Å². The van der Waals surface area contributed by atoms with Crippen molar-refractivity contribution in [2.45, 2.75) is 16.2 Å². The molecule has 0 radical (unpaired) electrons. The Hall–Kier alpha value is -1.64. The Bertz CT molecular complexity index is 984. The molecule has 0 aliphatic heterocycles. The van der Waals surface area contributed by atoms with Crippen LogP contribution >= 0.6 is 23.1 Å². The SMILES string of the molecule is CSc1nc2ccc(NS(=O)(=O)c3ccc(C)c(F)c3)cc2s1. The van der Waals surface area contributed by atoms with Crippen LogP contribution in [0.2, 0.25) is 0 Å². The standard InChI is InChI=1S/C15H13FN2O2S3/c1-9-3-5-11(8-12(9)16)23(19,20)18-10-4-6-13-14(7-10)22-15(17-13)21-2/h3-8,18H,1-2H3. The van der Waals surface area contributed by atoms with Gasteiger partial charge in [-0.25, -0.2) is 17.8 Å². The zero-order valence-electron chi connectivity index (χ0n) is 12.3. The Kier molecular flexibility index (Phi) is 4.31. The molecule has 2 aromatic carbocycles.